The summed E-state index contributed by atoms with van der Waals surface area (Å²) in [5, 5.41) is 10.1. The van der Waals surface area contributed by atoms with Gasteiger partial charge in [-0.2, -0.15) is 0 Å². The highest BCUT2D eigenvalue weighted by Gasteiger charge is 2.07. The van der Waals surface area contributed by atoms with E-state index in [4.69, 9.17) is 5.14 Å². The molecule has 94 valence electrons. The van der Waals surface area contributed by atoms with E-state index >= 15 is 0 Å². The van der Waals surface area contributed by atoms with Gasteiger partial charge < -0.3 is 10.6 Å². The molecule has 0 fully saturated rings. The third-order valence-electron chi connectivity index (χ3n) is 1.98. The molecule has 0 heterocycles. The molecule has 17 heavy (non-hydrogen) atoms. The molecule has 2 amide bonds. The average molecular weight is 257 g/mol. The Hall–Kier alpha value is -1.60. The molecule has 0 spiro atoms. The second-order valence-electron chi connectivity index (χ2n) is 3.45. The van der Waals surface area contributed by atoms with Gasteiger partial charge >= 0.3 is 6.03 Å². The lowest BCUT2D eigenvalue weighted by Crippen LogP contribution is -2.29. The minimum Gasteiger partial charge on any atom is -0.338 e. The molecule has 0 bridgehead atoms. The Balaban J connectivity index is 2.66. The summed E-state index contributed by atoms with van der Waals surface area (Å²) in [6, 6.07) is 5.31. The van der Waals surface area contributed by atoms with Crippen LogP contribution >= 0.6 is 0 Å². The summed E-state index contributed by atoms with van der Waals surface area (Å²) in [5.41, 5.74) is 0.506. The van der Waals surface area contributed by atoms with E-state index in [1.54, 1.807) is 0 Å². The van der Waals surface area contributed by atoms with Gasteiger partial charge in [-0.15, -0.1) is 0 Å². The number of benzene rings is 1. The predicted octanol–water partition coefficient (Wildman–Crippen LogP) is 0.865. The molecule has 1 aromatic carbocycles. The van der Waals surface area contributed by atoms with Crippen molar-refractivity contribution in [2.24, 2.45) is 5.14 Å². The zero-order chi connectivity index (χ0) is 12.9. The molecule has 6 nitrogen and oxygen atoms in total. The van der Waals surface area contributed by atoms with Gasteiger partial charge in [0.15, 0.2) is 0 Å². The quantitative estimate of drug-likeness (QED) is 0.745. The first-order valence-electron chi connectivity index (χ1n) is 5.11. The van der Waals surface area contributed by atoms with Gasteiger partial charge in [0, 0.05) is 12.2 Å². The monoisotopic (exact) mass is 257 g/mol. The molecule has 0 saturated heterocycles. The lowest BCUT2D eigenvalue weighted by atomic mass is 10.3. The third-order valence-corrected chi connectivity index (χ3v) is 2.91. The van der Waals surface area contributed by atoms with E-state index in [2.05, 4.69) is 10.6 Å². The Bertz CT molecular complexity index is 482. The molecule has 1 aromatic rings. The zero-order valence-electron chi connectivity index (χ0n) is 9.43. The Morgan fingerprint density at radius 3 is 2.35 bits per heavy atom. The summed E-state index contributed by atoms with van der Waals surface area (Å²) in [6.45, 7) is 2.53. The van der Waals surface area contributed by atoms with Gasteiger partial charge in [-0.25, -0.2) is 18.4 Å². The van der Waals surface area contributed by atoms with Crippen molar-refractivity contribution in [1.82, 2.24) is 5.32 Å². The molecular formula is C10H15N3O3S. The minimum absolute atomic E-state index is 0.0111. The van der Waals surface area contributed by atoms with E-state index in [9.17, 15) is 13.2 Å². The molecule has 0 aliphatic heterocycles. The Morgan fingerprint density at radius 2 is 1.88 bits per heavy atom. The lowest BCUT2D eigenvalue weighted by Gasteiger charge is -2.06. The van der Waals surface area contributed by atoms with Crippen molar-refractivity contribution in [2.75, 3.05) is 11.9 Å². The summed E-state index contributed by atoms with van der Waals surface area (Å²) in [5.74, 6) is 0. The molecule has 0 aromatic heterocycles. The predicted molar refractivity (Wildman–Crippen MR) is 65.1 cm³/mol. The number of sulfonamides is 1. The number of amides is 2. The Labute approximate surface area is 100 Å². The first kappa shape index (κ1) is 13.5. The smallest absolute Gasteiger partial charge is 0.319 e. The second-order valence-corrected chi connectivity index (χ2v) is 5.01. The van der Waals surface area contributed by atoms with E-state index in [0.29, 0.717) is 12.2 Å². The largest absolute Gasteiger partial charge is 0.338 e. The molecule has 0 atom stereocenters. The normalized spacial score (nSPS) is 10.9. The highest BCUT2D eigenvalue weighted by Crippen LogP contribution is 2.12. The van der Waals surface area contributed by atoms with Gasteiger partial charge in [0.25, 0.3) is 0 Å². The maximum atomic E-state index is 11.3. The van der Waals surface area contributed by atoms with Crippen LogP contribution in [0.4, 0.5) is 10.5 Å². The first-order chi connectivity index (χ1) is 7.93. The van der Waals surface area contributed by atoms with Crippen LogP contribution in [-0.4, -0.2) is 21.0 Å². The zero-order valence-corrected chi connectivity index (χ0v) is 10.3. The first-order valence-corrected chi connectivity index (χ1v) is 6.66. The fourth-order valence-corrected chi connectivity index (χ4v) is 1.66. The van der Waals surface area contributed by atoms with Gasteiger partial charge in [-0.1, -0.05) is 6.92 Å². The van der Waals surface area contributed by atoms with Crippen LogP contribution in [0.5, 0.6) is 0 Å². The summed E-state index contributed by atoms with van der Waals surface area (Å²) >= 11 is 0. The summed E-state index contributed by atoms with van der Waals surface area (Å²) in [4.78, 5) is 11.3. The number of rotatable bonds is 4. The van der Waals surface area contributed by atoms with E-state index in [1.165, 1.54) is 24.3 Å². The number of carbonyl (C=O) groups excluding carboxylic acids is 1. The van der Waals surface area contributed by atoms with Crippen molar-refractivity contribution in [3.63, 3.8) is 0 Å². The van der Waals surface area contributed by atoms with E-state index in [-0.39, 0.29) is 10.9 Å². The van der Waals surface area contributed by atoms with Gasteiger partial charge in [0.2, 0.25) is 10.0 Å². The Kier molecular flexibility index (Phi) is 4.47. The number of hydrogen-bond acceptors (Lipinski definition) is 3. The molecular weight excluding hydrogens is 242 g/mol. The SMILES string of the molecule is CCCNC(=O)Nc1ccc(S(N)(=O)=O)cc1. The van der Waals surface area contributed by atoms with Crippen molar-refractivity contribution in [2.45, 2.75) is 18.2 Å². The molecule has 4 N–H and O–H groups in total. The van der Waals surface area contributed by atoms with Crippen molar-refractivity contribution in [3.05, 3.63) is 24.3 Å². The number of nitrogens with two attached hydrogens (primary N) is 1. The summed E-state index contributed by atoms with van der Waals surface area (Å²) < 4.78 is 22.0. The van der Waals surface area contributed by atoms with Crippen LogP contribution in [0, 0.1) is 0 Å². The number of hydrogen-bond donors (Lipinski definition) is 3. The van der Waals surface area contributed by atoms with Gasteiger partial charge in [-0.3, -0.25) is 0 Å². The van der Waals surface area contributed by atoms with E-state index in [0.717, 1.165) is 6.42 Å². The Morgan fingerprint density at radius 1 is 1.29 bits per heavy atom. The second kappa shape index (κ2) is 5.65. The van der Waals surface area contributed by atoms with E-state index in [1.807, 2.05) is 6.92 Å². The van der Waals surface area contributed by atoms with Crippen LogP contribution in [0.1, 0.15) is 13.3 Å². The van der Waals surface area contributed by atoms with Crippen LogP contribution in [0.2, 0.25) is 0 Å². The third kappa shape index (κ3) is 4.41. The number of anilines is 1. The number of nitrogens with one attached hydrogen (secondary N) is 2. The van der Waals surface area contributed by atoms with Gasteiger partial charge in [0.1, 0.15) is 0 Å². The fourth-order valence-electron chi connectivity index (χ4n) is 1.14. The molecule has 1 rings (SSSR count). The maximum Gasteiger partial charge on any atom is 0.319 e. The van der Waals surface area contributed by atoms with Crippen molar-refractivity contribution in [3.8, 4) is 0 Å². The molecule has 0 aliphatic rings. The number of primary sulfonamides is 1. The maximum absolute atomic E-state index is 11.3. The number of carbonyl (C=O) groups is 1. The van der Waals surface area contributed by atoms with Gasteiger partial charge in [-0.05, 0) is 30.7 Å². The minimum atomic E-state index is -3.69. The fraction of sp³-hybridized carbons (Fsp3) is 0.300. The molecule has 7 heteroatoms. The van der Waals surface area contributed by atoms with Crippen molar-refractivity contribution < 1.29 is 13.2 Å². The highest BCUT2D eigenvalue weighted by atomic mass is 32.2. The van der Waals surface area contributed by atoms with Crippen LogP contribution in [-0.2, 0) is 10.0 Å². The van der Waals surface area contributed by atoms with Crippen LogP contribution in [0.25, 0.3) is 0 Å². The van der Waals surface area contributed by atoms with Gasteiger partial charge in [0.05, 0.1) is 4.90 Å². The van der Waals surface area contributed by atoms with E-state index < -0.39 is 10.0 Å². The standard InChI is InChI=1S/C10H15N3O3S/c1-2-7-12-10(14)13-8-3-5-9(6-4-8)17(11,15)16/h3-6H,2,7H2,1H3,(H2,11,15,16)(H2,12,13,14). The average Bonchev–Trinajstić information content (AvgIpc) is 2.26. The van der Waals surface area contributed by atoms with Crippen LogP contribution < -0.4 is 15.8 Å². The van der Waals surface area contributed by atoms with Crippen molar-refractivity contribution >= 4 is 21.7 Å². The molecule has 0 unspecified atom stereocenters. The van der Waals surface area contributed by atoms with Crippen LogP contribution in [0.15, 0.2) is 29.2 Å². The topological polar surface area (TPSA) is 101 Å². The van der Waals surface area contributed by atoms with Crippen LogP contribution in [0.3, 0.4) is 0 Å². The molecule has 0 saturated carbocycles. The molecule has 0 aliphatic carbocycles. The summed E-state index contributed by atoms with van der Waals surface area (Å²) in [7, 11) is -3.69. The highest BCUT2D eigenvalue weighted by molar-refractivity contribution is 7.89. The molecule has 0 radical (unpaired) electrons. The summed E-state index contributed by atoms with van der Waals surface area (Å²) in [6.07, 6.45) is 0.845. The lowest BCUT2D eigenvalue weighted by molar-refractivity contribution is 0.252. The number of urea groups is 1. The van der Waals surface area contributed by atoms with Crippen molar-refractivity contribution in [1.29, 1.82) is 0 Å².